The summed E-state index contributed by atoms with van der Waals surface area (Å²) in [5.74, 6) is -0.631. The predicted molar refractivity (Wildman–Crippen MR) is 103 cm³/mol. The quantitative estimate of drug-likeness (QED) is 0.619. The molecule has 0 bridgehead atoms. The minimum Gasteiger partial charge on any atom is -0.497 e. The number of halogens is 1. The minimum atomic E-state index is -4.40. The Kier molecular flexibility index (Phi) is 5.83. The van der Waals surface area contributed by atoms with Gasteiger partial charge in [0.05, 0.1) is 18.2 Å². The molecule has 3 rings (SSSR count). The molecular weight excluding hydrogens is 417 g/mol. The smallest absolute Gasteiger partial charge is 0.441 e. The van der Waals surface area contributed by atoms with Crippen molar-refractivity contribution in [1.29, 1.82) is 0 Å². The largest absolute Gasteiger partial charge is 0.497 e. The van der Waals surface area contributed by atoms with Gasteiger partial charge in [-0.2, -0.15) is 8.96 Å². The van der Waals surface area contributed by atoms with Gasteiger partial charge in [-0.25, -0.2) is 22.4 Å². The molecule has 1 amide bonds. The fourth-order valence-electron chi connectivity index (χ4n) is 2.48. The number of para-hydroxylation sites is 1. The van der Waals surface area contributed by atoms with Gasteiger partial charge >= 0.3 is 11.8 Å². The second-order valence-electron chi connectivity index (χ2n) is 5.91. The van der Waals surface area contributed by atoms with Gasteiger partial charge in [-0.15, -0.1) is 0 Å². The molecule has 0 aliphatic carbocycles. The van der Waals surface area contributed by atoms with E-state index in [2.05, 4.69) is 4.99 Å². The molecule has 3 aromatic rings. The number of carbonyl (C=O) groups excluding carboxylic acids is 1. The first-order valence-corrected chi connectivity index (χ1v) is 9.87. The minimum absolute atomic E-state index is 0.171. The molecule has 1 heterocycles. The van der Waals surface area contributed by atoms with Crippen LogP contribution in [0.25, 0.3) is 0 Å². The van der Waals surface area contributed by atoms with E-state index < -0.39 is 33.1 Å². The predicted octanol–water partition coefficient (Wildman–Crippen LogP) is 1.67. The van der Waals surface area contributed by atoms with Crippen molar-refractivity contribution in [2.75, 3.05) is 7.11 Å². The topological polar surface area (TPSA) is 109 Å². The molecule has 0 saturated heterocycles. The molecule has 0 saturated carbocycles. The fraction of sp³-hybridized carbons (Fsp3) is 0.105. The van der Waals surface area contributed by atoms with E-state index in [9.17, 15) is 22.4 Å². The fourth-order valence-corrected chi connectivity index (χ4v) is 3.74. The van der Waals surface area contributed by atoms with Crippen LogP contribution in [-0.2, 0) is 17.1 Å². The number of ether oxygens (including phenoxy) is 2. The summed E-state index contributed by atoms with van der Waals surface area (Å²) in [7, 11) is -1.91. The molecule has 1 aromatic heterocycles. The summed E-state index contributed by atoms with van der Waals surface area (Å²) < 4.78 is 50.8. The third-order valence-corrected chi connectivity index (χ3v) is 5.65. The summed E-state index contributed by atoms with van der Waals surface area (Å²) in [4.78, 5) is 27.7. The zero-order valence-electron chi connectivity index (χ0n) is 15.9. The first-order valence-electron chi connectivity index (χ1n) is 8.43. The molecule has 0 aliphatic heterocycles. The zero-order chi connectivity index (χ0) is 21.9. The van der Waals surface area contributed by atoms with Crippen LogP contribution in [-0.4, -0.2) is 30.2 Å². The van der Waals surface area contributed by atoms with Crippen molar-refractivity contribution in [1.82, 2.24) is 8.54 Å². The Morgan fingerprint density at radius 1 is 1.03 bits per heavy atom. The Labute approximate surface area is 170 Å². The van der Waals surface area contributed by atoms with Crippen molar-refractivity contribution < 1.29 is 27.1 Å². The summed E-state index contributed by atoms with van der Waals surface area (Å²) >= 11 is 0. The number of carbonyl (C=O) groups is 1. The summed E-state index contributed by atoms with van der Waals surface area (Å²) in [6, 6.07) is 13.1. The van der Waals surface area contributed by atoms with Gasteiger partial charge in [-0.1, -0.05) is 18.2 Å². The SMILES string of the molecule is COc1ccc(S(=O)(=O)n2cc(F)/c(=N\C(=O)Oc3ccccc3)n(C)c2=O)cc1. The summed E-state index contributed by atoms with van der Waals surface area (Å²) in [5, 5.41) is 0. The maximum atomic E-state index is 14.6. The van der Waals surface area contributed by atoms with Gasteiger partial charge in [-0.3, -0.25) is 4.57 Å². The number of methoxy groups -OCH3 is 1. The molecule has 30 heavy (non-hydrogen) atoms. The molecule has 0 fully saturated rings. The molecule has 11 heteroatoms. The average molecular weight is 433 g/mol. The maximum Gasteiger partial charge on any atom is 0.441 e. The molecule has 0 aliphatic rings. The molecular formula is C19H16FN3O6S. The molecule has 0 atom stereocenters. The highest BCUT2D eigenvalue weighted by Crippen LogP contribution is 2.17. The first-order chi connectivity index (χ1) is 14.2. The van der Waals surface area contributed by atoms with Gasteiger partial charge in [0, 0.05) is 7.05 Å². The number of nitrogens with zero attached hydrogens (tertiary/aromatic N) is 3. The van der Waals surface area contributed by atoms with Crippen LogP contribution in [0.2, 0.25) is 0 Å². The van der Waals surface area contributed by atoms with Crippen LogP contribution in [0.1, 0.15) is 0 Å². The summed E-state index contributed by atoms with van der Waals surface area (Å²) in [5.41, 5.74) is -1.81. The van der Waals surface area contributed by atoms with Gasteiger partial charge in [0.15, 0.2) is 11.3 Å². The molecule has 2 aromatic carbocycles. The molecule has 0 spiro atoms. The molecule has 0 unspecified atom stereocenters. The van der Waals surface area contributed by atoms with Crippen LogP contribution < -0.4 is 20.7 Å². The molecule has 9 nitrogen and oxygen atoms in total. The van der Waals surface area contributed by atoms with Gasteiger partial charge < -0.3 is 9.47 Å². The monoisotopic (exact) mass is 433 g/mol. The molecule has 0 N–H and O–H groups in total. The van der Waals surface area contributed by atoms with Crippen molar-refractivity contribution in [3.63, 3.8) is 0 Å². The van der Waals surface area contributed by atoms with Gasteiger partial charge in [-0.05, 0) is 36.4 Å². The van der Waals surface area contributed by atoms with Gasteiger partial charge in [0.2, 0.25) is 0 Å². The average Bonchev–Trinajstić information content (AvgIpc) is 2.74. The lowest BCUT2D eigenvalue weighted by atomic mass is 10.3. The Hall–Kier alpha value is -3.73. The summed E-state index contributed by atoms with van der Waals surface area (Å²) in [6.07, 6.45) is -0.720. The van der Waals surface area contributed by atoms with E-state index in [1.165, 1.54) is 43.5 Å². The maximum absolute atomic E-state index is 14.6. The van der Waals surface area contributed by atoms with Crippen molar-refractivity contribution >= 4 is 16.1 Å². The Morgan fingerprint density at radius 2 is 1.67 bits per heavy atom. The number of hydrogen-bond acceptors (Lipinski definition) is 6. The van der Waals surface area contributed by atoms with E-state index in [0.717, 1.165) is 7.05 Å². The van der Waals surface area contributed by atoms with Crippen LogP contribution in [0.5, 0.6) is 11.5 Å². The highest BCUT2D eigenvalue weighted by Gasteiger charge is 2.22. The van der Waals surface area contributed by atoms with E-state index in [0.29, 0.717) is 16.5 Å². The van der Waals surface area contributed by atoms with Crippen LogP contribution in [0, 0.1) is 5.82 Å². The first kappa shape index (κ1) is 21.0. The van der Waals surface area contributed by atoms with Crippen molar-refractivity contribution in [3.05, 3.63) is 82.6 Å². The van der Waals surface area contributed by atoms with Gasteiger partial charge in [0.1, 0.15) is 11.5 Å². The van der Waals surface area contributed by atoms with Gasteiger partial charge in [0.25, 0.3) is 10.0 Å². The third-order valence-electron chi connectivity index (χ3n) is 4.00. The molecule has 0 radical (unpaired) electrons. The second-order valence-corrected chi connectivity index (χ2v) is 7.73. The Bertz CT molecular complexity index is 1310. The normalized spacial score (nSPS) is 11.9. The second kappa shape index (κ2) is 8.33. The van der Waals surface area contributed by atoms with E-state index in [1.807, 2.05) is 0 Å². The van der Waals surface area contributed by atoms with E-state index in [-0.39, 0.29) is 14.6 Å². The zero-order valence-corrected chi connectivity index (χ0v) is 16.7. The third kappa shape index (κ3) is 4.15. The highest BCUT2D eigenvalue weighted by molar-refractivity contribution is 7.90. The van der Waals surface area contributed by atoms with Crippen molar-refractivity contribution in [2.24, 2.45) is 12.0 Å². The summed E-state index contributed by atoms with van der Waals surface area (Å²) in [6.45, 7) is 0. The van der Waals surface area contributed by atoms with E-state index in [4.69, 9.17) is 9.47 Å². The lowest BCUT2D eigenvalue weighted by molar-refractivity contribution is 0.209. The number of amides is 1. The van der Waals surface area contributed by atoms with Crippen LogP contribution in [0.15, 0.2) is 75.5 Å². The van der Waals surface area contributed by atoms with Crippen molar-refractivity contribution in [3.8, 4) is 11.5 Å². The number of aromatic nitrogens is 2. The Balaban J connectivity index is 2.04. The lowest BCUT2D eigenvalue weighted by Crippen LogP contribution is -2.43. The van der Waals surface area contributed by atoms with Crippen LogP contribution in [0.3, 0.4) is 0 Å². The number of benzene rings is 2. The van der Waals surface area contributed by atoms with Crippen LogP contribution >= 0.6 is 0 Å². The van der Waals surface area contributed by atoms with Crippen molar-refractivity contribution in [2.45, 2.75) is 4.90 Å². The Morgan fingerprint density at radius 3 is 2.27 bits per heavy atom. The van der Waals surface area contributed by atoms with E-state index in [1.54, 1.807) is 18.2 Å². The molecule has 156 valence electrons. The van der Waals surface area contributed by atoms with Crippen LogP contribution in [0.4, 0.5) is 9.18 Å². The number of rotatable bonds is 4. The standard InChI is InChI=1S/C19H16FN3O6S/c1-22-17(21-18(24)29-14-6-4-3-5-7-14)16(20)12-23(19(22)25)30(26,27)15-10-8-13(28-2)9-11-15/h3-12H,1-2H3/b21-17+. The lowest BCUT2D eigenvalue weighted by Gasteiger charge is -2.10. The number of hydrogen-bond donors (Lipinski definition) is 0. The van der Waals surface area contributed by atoms with E-state index >= 15 is 0 Å². The highest BCUT2D eigenvalue weighted by atomic mass is 32.2.